The summed E-state index contributed by atoms with van der Waals surface area (Å²) in [7, 11) is 0. The molecule has 0 radical (unpaired) electrons. The average molecular weight is 419 g/mol. The maximum atomic E-state index is 11.9. The first-order chi connectivity index (χ1) is 13.5. The van der Waals surface area contributed by atoms with Crippen molar-refractivity contribution in [3.8, 4) is 5.75 Å². The van der Waals surface area contributed by atoms with Gasteiger partial charge in [0.25, 0.3) is 5.91 Å². The molecule has 10 heteroatoms. The molecule has 0 aliphatic heterocycles. The van der Waals surface area contributed by atoms with Crippen molar-refractivity contribution in [3.05, 3.63) is 64.9 Å². The van der Waals surface area contributed by atoms with E-state index in [0.717, 1.165) is 0 Å². The zero-order chi connectivity index (χ0) is 19.9. The van der Waals surface area contributed by atoms with Gasteiger partial charge in [0, 0.05) is 5.69 Å². The molecule has 0 aliphatic carbocycles. The SMILES string of the molecule is Nc1c(NNC(=O)COc2ccccc2)ncnc1Nc1ccc(Cl)c(Cl)c1. The number of nitrogen functional groups attached to an aromatic ring is 1. The van der Waals surface area contributed by atoms with Crippen molar-refractivity contribution >= 4 is 52.1 Å². The lowest BCUT2D eigenvalue weighted by molar-refractivity contribution is -0.122. The van der Waals surface area contributed by atoms with Gasteiger partial charge in [-0.2, -0.15) is 0 Å². The van der Waals surface area contributed by atoms with Crippen LogP contribution in [0.15, 0.2) is 54.9 Å². The Morgan fingerprint density at radius 2 is 1.79 bits per heavy atom. The molecule has 0 bridgehead atoms. The number of halogens is 2. The summed E-state index contributed by atoms with van der Waals surface area (Å²) in [6.07, 6.45) is 1.30. The topological polar surface area (TPSA) is 114 Å². The van der Waals surface area contributed by atoms with Crippen LogP contribution in [0.2, 0.25) is 10.0 Å². The maximum absolute atomic E-state index is 11.9. The number of aromatic nitrogens is 2. The van der Waals surface area contributed by atoms with Crippen LogP contribution in [0.25, 0.3) is 0 Å². The molecule has 0 atom stereocenters. The predicted molar refractivity (Wildman–Crippen MR) is 110 cm³/mol. The van der Waals surface area contributed by atoms with Crippen LogP contribution in [0.3, 0.4) is 0 Å². The van der Waals surface area contributed by atoms with Gasteiger partial charge < -0.3 is 15.8 Å². The summed E-state index contributed by atoms with van der Waals surface area (Å²) in [4.78, 5) is 20.0. The monoisotopic (exact) mass is 418 g/mol. The fraction of sp³-hybridized carbons (Fsp3) is 0.0556. The number of para-hydroxylation sites is 1. The lowest BCUT2D eigenvalue weighted by Crippen LogP contribution is -2.34. The van der Waals surface area contributed by atoms with Crippen LogP contribution < -0.4 is 26.6 Å². The second-order valence-electron chi connectivity index (χ2n) is 5.51. The summed E-state index contributed by atoms with van der Waals surface area (Å²) in [5.41, 5.74) is 12.0. The second kappa shape index (κ2) is 9.12. The van der Waals surface area contributed by atoms with Crippen molar-refractivity contribution in [3.63, 3.8) is 0 Å². The molecular weight excluding hydrogens is 403 g/mol. The number of ether oxygens (including phenoxy) is 1. The molecule has 1 heterocycles. The van der Waals surface area contributed by atoms with Gasteiger partial charge in [-0.05, 0) is 30.3 Å². The molecule has 0 aliphatic rings. The zero-order valence-corrected chi connectivity index (χ0v) is 16.0. The lowest BCUT2D eigenvalue weighted by Gasteiger charge is -2.13. The van der Waals surface area contributed by atoms with Crippen LogP contribution in [0.4, 0.5) is 23.0 Å². The first-order valence-corrected chi connectivity index (χ1v) is 8.84. The Bertz CT molecular complexity index is 972. The molecule has 0 unspecified atom stereocenters. The standard InChI is InChI=1S/C18H16Cl2N6O2/c19-13-7-6-11(8-14(13)20)24-17-16(21)18(23-10-22-17)26-25-15(27)9-28-12-4-2-1-3-5-12/h1-8,10H,9,21H2,(H,25,27)(H2,22,23,24,26). The molecule has 8 nitrogen and oxygen atoms in total. The van der Waals surface area contributed by atoms with E-state index in [2.05, 4.69) is 26.1 Å². The number of carbonyl (C=O) groups excluding carboxylic acids is 1. The van der Waals surface area contributed by atoms with E-state index in [4.69, 9.17) is 33.7 Å². The zero-order valence-electron chi connectivity index (χ0n) is 14.4. The van der Waals surface area contributed by atoms with Crippen molar-refractivity contribution < 1.29 is 9.53 Å². The van der Waals surface area contributed by atoms with Crippen molar-refractivity contribution in [2.24, 2.45) is 0 Å². The maximum Gasteiger partial charge on any atom is 0.276 e. The van der Waals surface area contributed by atoms with E-state index < -0.39 is 5.91 Å². The van der Waals surface area contributed by atoms with Gasteiger partial charge in [-0.3, -0.25) is 15.6 Å². The normalized spacial score (nSPS) is 10.2. The van der Waals surface area contributed by atoms with E-state index in [1.165, 1.54) is 6.33 Å². The third-order valence-corrected chi connectivity index (χ3v) is 4.24. The van der Waals surface area contributed by atoms with Crippen molar-refractivity contribution in [1.29, 1.82) is 0 Å². The first-order valence-electron chi connectivity index (χ1n) is 8.08. The van der Waals surface area contributed by atoms with E-state index in [1.54, 1.807) is 30.3 Å². The average Bonchev–Trinajstić information content (AvgIpc) is 2.70. The Morgan fingerprint density at radius 3 is 2.54 bits per heavy atom. The van der Waals surface area contributed by atoms with Crippen LogP contribution in [-0.4, -0.2) is 22.5 Å². The summed E-state index contributed by atoms with van der Waals surface area (Å²) in [5, 5.41) is 3.85. The molecule has 0 spiro atoms. The van der Waals surface area contributed by atoms with E-state index in [0.29, 0.717) is 27.3 Å². The number of carbonyl (C=O) groups is 1. The van der Waals surface area contributed by atoms with Gasteiger partial charge in [0.05, 0.1) is 10.0 Å². The number of nitrogens with zero attached hydrogens (tertiary/aromatic N) is 2. The number of amides is 1. The number of anilines is 4. The number of nitrogens with two attached hydrogens (primary N) is 1. The Labute approximate surface area is 171 Å². The quantitative estimate of drug-likeness (QED) is 0.433. The van der Waals surface area contributed by atoms with Crippen molar-refractivity contribution in [2.75, 3.05) is 23.1 Å². The molecule has 3 aromatic rings. The van der Waals surface area contributed by atoms with Crippen LogP contribution in [0.5, 0.6) is 5.75 Å². The molecule has 5 N–H and O–H groups in total. The lowest BCUT2D eigenvalue weighted by atomic mass is 10.3. The molecule has 1 aromatic heterocycles. The van der Waals surface area contributed by atoms with Crippen molar-refractivity contribution in [2.45, 2.75) is 0 Å². The third-order valence-electron chi connectivity index (χ3n) is 3.50. The number of rotatable bonds is 7. The van der Waals surface area contributed by atoms with Crippen molar-refractivity contribution in [1.82, 2.24) is 15.4 Å². The van der Waals surface area contributed by atoms with E-state index in [9.17, 15) is 4.79 Å². The Kier molecular flexibility index (Phi) is 6.36. The van der Waals surface area contributed by atoms with Gasteiger partial charge in [0.2, 0.25) is 0 Å². The number of hydrogen-bond acceptors (Lipinski definition) is 7. The highest BCUT2D eigenvalue weighted by Gasteiger charge is 2.10. The predicted octanol–water partition coefficient (Wildman–Crippen LogP) is 3.63. The molecule has 0 saturated heterocycles. The molecule has 3 rings (SSSR count). The minimum absolute atomic E-state index is 0.170. The van der Waals surface area contributed by atoms with Gasteiger partial charge in [0.1, 0.15) is 17.8 Å². The number of nitrogens with one attached hydrogen (secondary N) is 3. The largest absolute Gasteiger partial charge is 0.484 e. The molecule has 1 amide bonds. The molecule has 2 aromatic carbocycles. The van der Waals surface area contributed by atoms with Crippen LogP contribution in [0, 0.1) is 0 Å². The number of hydrazine groups is 1. The van der Waals surface area contributed by atoms with Gasteiger partial charge in [-0.15, -0.1) is 0 Å². The minimum atomic E-state index is -0.402. The second-order valence-corrected chi connectivity index (χ2v) is 6.33. The van der Waals surface area contributed by atoms with E-state index >= 15 is 0 Å². The fourth-order valence-corrected chi connectivity index (χ4v) is 2.43. The Morgan fingerprint density at radius 1 is 1.04 bits per heavy atom. The van der Waals surface area contributed by atoms with E-state index in [-0.39, 0.29) is 18.1 Å². The molecular formula is C18H16Cl2N6O2. The number of hydrogen-bond donors (Lipinski definition) is 4. The van der Waals surface area contributed by atoms with Gasteiger partial charge in [-0.25, -0.2) is 9.97 Å². The summed E-state index contributed by atoms with van der Waals surface area (Å²) >= 11 is 11.9. The van der Waals surface area contributed by atoms with Crippen LogP contribution in [0.1, 0.15) is 0 Å². The molecule has 144 valence electrons. The first kappa shape index (κ1) is 19.5. The third kappa shape index (κ3) is 5.15. The highest BCUT2D eigenvalue weighted by Crippen LogP contribution is 2.29. The van der Waals surface area contributed by atoms with Gasteiger partial charge >= 0.3 is 0 Å². The molecule has 0 fully saturated rings. The Hall–Kier alpha value is -3.23. The van der Waals surface area contributed by atoms with Gasteiger partial charge in [-0.1, -0.05) is 41.4 Å². The summed E-state index contributed by atoms with van der Waals surface area (Å²) < 4.78 is 5.36. The molecule has 0 saturated carbocycles. The summed E-state index contributed by atoms with van der Waals surface area (Å²) in [6.45, 7) is -0.170. The van der Waals surface area contributed by atoms with Crippen LogP contribution in [-0.2, 0) is 4.79 Å². The highest BCUT2D eigenvalue weighted by atomic mass is 35.5. The molecule has 28 heavy (non-hydrogen) atoms. The Balaban J connectivity index is 1.59. The number of benzene rings is 2. The summed E-state index contributed by atoms with van der Waals surface area (Å²) in [5.74, 6) is 0.754. The van der Waals surface area contributed by atoms with Crippen LogP contribution >= 0.6 is 23.2 Å². The van der Waals surface area contributed by atoms with E-state index in [1.807, 2.05) is 18.2 Å². The summed E-state index contributed by atoms with van der Waals surface area (Å²) in [6, 6.07) is 14.0. The highest BCUT2D eigenvalue weighted by molar-refractivity contribution is 6.42. The van der Waals surface area contributed by atoms with Gasteiger partial charge in [0.15, 0.2) is 18.2 Å². The smallest absolute Gasteiger partial charge is 0.276 e. The minimum Gasteiger partial charge on any atom is -0.484 e. The fourth-order valence-electron chi connectivity index (χ4n) is 2.14.